The van der Waals surface area contributed by atoms with Crippen LogP contribution in [-0.4, -0.2) is 17.6 Å². The van der Waals surface area contributed by atoms with Gasteiger partial charge in [-0.2, -0.15) is 0 Å². The molecular weight excluding hydrogens is 322 g/mol. The van der Waals surface area contributed by atoms with E-state index >= 15 is 0 Å². The van der Waals surface area contributed by atoms with Crippen LogP contribution < -0.4 is 9.47 Å². The molecule has 0 N–H and O–H groups in total. The Balaban J connectivity index is 1.84. The average Bonchev–Trinajstić information content (AvgIpc) is 2.92. The number of carbonyl (C=O) groups is 1. The van der Waals surface area contributed by atoms with E-state index in [0.29, 0.717) is 17.1 Å². The van der Waals surface area contributed by atoms with Gasteiger partial charge in [-0.25, -0.2) is 0 Å². The van der Waals surface area contributed by atoms with Gasteiger partial charge in [0.25, 0.3) is 0 Å². The minimum absolute atomic E-state index is 0.0948. The van der Waals surface area contributed by atoms with Gasteiger partial charge in [0.05, 0.1) is 0 Å². The lowest BCUT2D eigenvalue weighted by molar-refractivity contribution is 0.104. The second-order valence-corrected chi connectivity index (χ2v) is 5.02. The van der Waals surface area contributed by atoms with E-state index in [0.717, 1.165) is 10.0 Å². The molecule has 2 heterocycles. The standard InChI is InChI=1S/C15H10BrNO3/c16-12-7-15-14(19-9-20-15)6-10(12)3-4-13(18)11-2-1-5-17-8-11/h1-8H,9H2. The van der Waals surface area contributed by atoms with Gasteiger partial charge in [0.2, 0.25) is 6.79 Å². The van der Waals surface area contributed by atoms with Crippen molar-refractivity contribution in [2.45, 2.75) is 0 Å². The Morgan fingerprint density at radius 3 is 2.85 bits per heavy atom. The van der Waals surface area contributed by atoms with Gasteiger partial charge < -0.3 is 9.47 Å². The summed E-state index contributed by atoms with van der Waals surface area (Å²) in [7, 11) is 0. The molecule has 0 unspecified atom stereocenters. The fraction of sp³-hybridized carbons (Fsp3) is 0.0667. The van der Waals surface area contributed by atoms with Crippen LogP contribution in [0.15, 0.2) is 47.2 Å². The molecule has 0 saturated heterocycles. The van der Waals surface area contributed by atoms with Crippen LogP contribution in [0.2, 0.25) is 0 Å². The molecule has 0 saturated carbocycles. The van der Waals surface area contributed by atoms with E-state index in [-0.39, 0.29) is 12.6 Å². The van der Waals surface area contributed by atoms with Crippen molar-refractivity contribution < 1.29 is 14.3 Å². The van der Waals surface area contributed by atoms with Crippen LogP contribution in [0, 0.1) is 0 Å². The number of hydrogen-bond donors (Lipinski definition) is 0. The number of nitrogens with zero attached hydrogens (tertiary/aromatic N) is 1. The Morgan fingerprint density at radius 1 is 1.30 bits per heavy atom. The molecule has 0 spiro atoms. The number of ether oxygens (including phenoxy) is 2. The Labute approximate surface area is 124 Å². The highest BCUT2D eigenvalue weighted by atomic mass is 79.9. The van der Waals surface area contributed by atoms with Gasteiger partial charge >= 0.3 is 0 Å². The van der Waals surface area contributed by atoms with Crippen LogP contribution in [0.3, 0.4) is 0 Å². The van der Waals surface area contributed by atoms with Crippen molar-refractivity contribution in [3.8, 4) is 11.5 Å². The first-order chi connectivity index (χ1) is 9.74. The normalized spacial score (nSPS) is 12.8. The van der Waals surface area contributed by atoms with Crippen LogP contribution in [0.25, 0.3) is 6.08 Å². The maximum Gasteiger partial charge on any atom is 0.231 e. The molecule has 1 aromatic carbocycles. The zero-order valence-electron chi connectivity index (χ0n) is 10.4. The number of fused-ring (bicyclic) bond motifs is 1. The first kappa shape index (κ1) is 12.9. The number of halogens is 1. The Morgan fingerprint density at radius 2 is 2.10 bits per heavy atom. The van der Waals surface area contributed by atoms with Crippen molar-refractivity contribution in [1.29, 1.82) is 0 Å². The molecule has 4 nitrogen and oxygen atoms in total. The second kappa shape index (κ2) is 5.46. The van der Waals surface area contributed by atoms with E-state index in [2.05, 4.69) is 20.9 Å². The molecule has 5 heteroatoms. The van der Waals surface area contributed by atoms with Crippen molar-refractivity contribution in [2.24, 2.45) is 0 Å². The van der Waals surface area contributed by atoms with Gasteiger partial charge in [-0.05, 0) is 42.0 Å². The third-order valence-electron chi connectivity index (χ3n) is 2.85. The minimum Gasteiger partial charge on any atom is -0.454 e. The smallest absolute Gasteiger partial charge is 0.231 e. The predicted molar refractivity (Wildman–Crippen MR) is 77.9 cm³/mol. The van der Waals surface area contributed by atoms with E-state index in [1.165, 1.54) is 6.08 Å². The zero-order chi connectivity index (χ0) is 13.9. The fourth-order valence-corrected chi connectivity index (χ4v) is 2.29. The van der Waals surface area contributed by atoms with Gasteiger partial charge in [0.15, 0.2) is 17.3 Å². The third kappa shape index (κ3) is 2.58. The monoisotopic (exact) mass is 331 g/mol. The van der Waals surface area contributed by atoms with Gasteiger partial charge in [0.1, 0.15) is 0 Å². The van der Waals surface area contributed by atoms with Gasteiger partial charge in [0, 0.05) is 22.4 Å². The summed E-state index contributed by atoms with van der Waals surface area (Å²) in [5.74, 6) is 1.29. The van der Waals surface area contributed by atoms with Crippen LogP contribution in [0.1, 0.15) is 15.9 Å². The first-order valence-corrected chi connectivity index (χ1v) is 6.75. The highest BCUT2D eigenvalue weighted by molar-refractivity contribution is 9.10. The topological polar surface area (TPSA) is 48.4 Å². The molecule has 3 rings (SSSR count). The van der Waals surface area contributed by atoms with E-state index in [1.807, 2.05) is 12.1 Å². The summed E-state index contributed by atoms with van der Waals surface area (Å²) >= 11 is 3.45. The van der Waals surface area contributed by atoms with Crippen molar-refractivity contribution in [1.82, 2.24) is 4.98 Å². The van der Waals surface area contributed by atoms with Crippen LogP contribution >= 0.6 is 15.9 Å². The predicted octanol–water partition coefficient (Wildman–Crippen LogP) is 3.47. The molecule has 20 heavy (non-hydrogen) atoms. The summed E-state index contributed by atoms with van der Waals surface area (Å²) in [6.07, 6.45) is 6.43. The van der Waals surface area contributed by atoms with Gasteiger partial charge in [-0.15, -0.1) is 0 Å². The van der Waals surface area contributed by atoms with E-state index in [4.69, 9.17) is 9.47 Å². The van der Waals surface area contributed by atoms with E-state index < -0.39 is 0 Å². The molecule has 0 bridgehead atoms. The fourth-order valence-electron chi connectivity index (χ4n) is 1.83. The number of allylic oxidation sites excluding steroid dienone is 1. The second-order valence-electron chi connectivity index (χ2n) is 4.17. The first-order valence-electron chi connectivity index (χ1n) is 5.95. The highest BCUT2D eigenvalue weighted by Gasteiger charge is 2.15. The quantitative estimate of drug-likeness (QED) is 0.638. The molecule has 0 atom stereocenters. The Kier molecular flexibility index (Phi) is 3.52. The van der Waals surface area contributed by atoms with E-state index in [1.54, 1.807) is 30.6 Å². The summed E-state index contributed by atoms with van der Waals surface area (Å²) in [4.78, 5) is 15.9. The SMILES string of the molecule is O=C(C=Cc1cc2c(cc1Br)OCO2)c1cccnc1. The minimum atomic E-state index is -0.0948. The Bertz CT molecular complexity index is 683. The van der Waals surface area contributed by atoms with Crippen LogP contribution in [0.4, 0.5) is 0 Å². The number of ketones is 1. The van der Waals surface area contributed by atoms with E-state index in [9.17, 15) is 4.79 Å². The molecule has 1 aliphatic rings. The summed E-state index contributed by atoms with van der Waals surface area (Å²) in [6.45, 7) is 0.226. The molecule has 0 fully saturated rings. The largest absolute Gasteiger partial charge is 0.454 e. The van der Waals surface area contributed by atoms with Crippen molar-refractivity contribution >= 4 is 27.8 Å². The van der Waals surface area contributed by atoms with Crippen molar-refractivity contribution in [2.75, 3.05) is 6.79 Å². The van der Waals surface area contributed by atoms with Gasteiger partial charge in [-0.3, -0.25) is 9.78 Å². The molecule has 2 aromatic rings. The van der Waals surface area contributed by atoms with Crippen LogP contribution in [-0.2, 0) is 0 Å². The van der Waals surface area contributed by atoms with Gasteiger partial charge in [-0.1, -0.05) is 15.9 Å². The van der Waals surface area contributed by atoms with Crippen molar-refractivity contribution in [3.05, 3.63) is 58.3 Å². The Hall–Kier alpha value is -2.14. The molecule has 0 radical (unpaired) electrons. The number of aromatic nitrogens is 1. The zero-order valence-corrected chi connectivity index (χ0v) is 12.0. The molecular formula is C15H10BrNO3. The number of rotatable bonds is 3. The van der Waals surface area contributed by atoms with Crippen LogP contribution in [0.5, 0.6) is 11.5 Å². The molecule has 0 amide bonds. The number of carbonyl (C=O) groups excluding carboxylic acids is 1. The third-order valence-corrected chi connectivity index (χ3v) is 3.54. The lowest BCUT2D eigenvalue weighted by Gasteiger charge is -2.01. The summed E-state index contributed by atoms with van der Waals surface area (Å²) in [5.41, 5.74) is 1.41. The van der Waals surface area contributed by atoms with Crippen molar-refractivity contribution in [3.63, 3.8) is 0 Å². The lowest BCUT2D eigenvalue weighted by atomic mass is 10.1. The molecule has 0 aliphatic carbocycles. The number of pyridine rings is 1. The number of hydrogen-bond acceptors (Lipinski definition) is 4. The summed E-state index contributed by atoms with van der Waals surface area (Å²) in [5, 5.41) is 0. The molecule has 100 valence electrons. The maximum absolute atomic E-state index is 12.0. The highest BCUT2D eigenvalue weighted by Crippen LogP contribution is 2.37. The maximum atomic E-state index is 12.0. The number of benzene rings is 1. The average molecular weight is 332 g/mol. The molecule has 1 aromatic heterocycles. The molecule has 1 aliphatic heterocycles. The summed E-state index contributed by atoms with van der Waals surface area (Å²) in [6, 6.07) is 7.13. The lowest BCUT2D eigenvalue weighted by Crippen LogP contribution is -1.94. The summed E-state index contributed by atoms with van der Waals surface area (Å²) < 4.78 is 11.4.